The Balaban J connectivity index is 1.17. The fourth-order valence-electron chi connectivity index (χ4n) is 4.94. The molecule has 9 heteroatoms. The normalized spacial score (nSPS) is 31.8. The van der Waals surface area contributed by atoms with Crippen LogP contribution < -0.4 is 20.7 Å². The minimum absolute atomic E-state index is 0.00188. The Morgan fingerprint density at radius 2 is 2.07 bits per heavy atom. The first-order valence-electron chi connectivity index (χ1n) is 10.3. The number of rotatable bonds is 8. The lowest BCUT2D eigenvalue weighted by Crippen LogP contribution is -2.78. The number of piperidine rings is 1. The van der Waals surface area contributed by atoms with Crippen LogP contribution in [-0.4, -0.2) is 49.9 Å². The van der Waals surface area contributed by atoms with Gasteiger partial charge in [0, 0.05) is 31.3 Å². The number of methoxy groups -OCH3 is 1. The van der Waals surface area contributed by atoms with E-state index < -0.39 is 5.82 Å². The Morgan fingerprint density at radius 1 is 1.30 bits per heavy atom. The van der Waals surface area contributed by atoms with Crippen molar-refractivity contribution in [2.75, 3.05) is 20.3 Å². The van der Waals surface area contributed by atoms with Crippen molar-refractivity contribution in [3.05, 3.63) is 29.0 Å². The zero-order valence-corrected chi connectivity index (χ0v) is 17.7. The Hall–Kier alpha value is -1.90. The van der Waals surface area contributed by atoms with Gasteiger partial charge in [0.1, 0.15) is 17.8 Å². The van der Waals surface area contributed by atoms with Crippen molar-refractivity contribution in [1.82, 2.24) is 16.0 Å². The third kappa shape index (κ3) is 4.26. The van der Waals surface area contributed by atoms with Crippen LogP contribution in [-0.2, 0) is 14.3 Å². The summed E-state index contributed by atoms with van der Waals surface area (Å²) in [6, 6.07) is 4.26. The molecule has 30 heavy (non-hydrogen) atoms. The summed E-state index contributed by atoms with van der Waals surface area (Å²) in [6.45, 7) is 0.376. The van der Waals surface area contributed by atoms with Crippen LogP contribution >= 0.6 is 11.6 Å². The monoisotopic (exact) mass is 439 g/mol. The number of halogens is 2. The van der Waals surface area contributed by atoms with Crippen LogP contribution in [0.15, 0.2) is 18.2 Å². The molecule has 7 nitrogen and oxygen atoms in total. The van der Waals surface area contributed by atoms with E-state index in [0.717, 1.165) is 25.3 Å². The van der Waals surface area contributed by atoms with Gasteiger partial charge in [-0.1, -0.05) is 11.6 Å². The van der Waals surface area contributed by atoms with Crippen LogP contribution in [0.2, 0.25) is 5.02 Å². The lowest BCUT2D eigenvalue weighted by atomic mass is 9.39. The number of carbonyl (C=O) groups excluding carboxylic acids is 2. The highest BCUT2D eigenvalue weighted by atomic mass is 35.5. The molecule has 3 aliphatic carbocycles. The fourth-order valence-corrected chi connectivity index (χ4v) is 5.06. The number of carbonyl (C=O) groups is 2. The molecule has 4 aliphatic rings. The first kappa shape index (κ1) is 21.3. The summed E-state index contributed by atoms with van der Waals surface area (Å²) in [7, 11) is 1.69. The summed E-state index contributed by atoms with van der Waals surface area (Å²) in [4.78, 5) is 24.8. The molecule has 3 saturated carbocycles. The van der Waals surface area contributed by atoms with Crippen LogP contribution in [0.4, 0.5) is 4.39 Å². The van der Waals surface area contributed by atoms with Crippen molar-refractivity contribution in [2.45, 2.75) is 56.3 Å². The van der Waals surface area contributed by atoms with Gasteiger partial charge in [-0.3, -0.25) is 14.9 Å². The molecule has 164 valence electrons. The molecule has 3 N–H and O–H groups in total. The lowest BCUT2D eigenvalue weighted by Gasteiger charge is -2.69. The SMILES string of the molecule is COC1CCCC(CNC(=O)C23CC(NC(=O)COc4ccc(Cl)c(F)c4)(C2)C3)N1. The standard InChI is InChI=1S/C21H27ClFN3O4/c1-29-18-4-2-3-13(25-18)8-24-19(28)20-10-21(11-20,12-20)26-17(27)9-30-14-5-6-15(22)16(23)7-14/h5-7,13,18,25H,2-4,8-12H2,1H3,(H,24,28)(H,26,27). The van der Waals surface area contributed by atoms with Gasteiger partial charge in [0.15, 0.2) is 6.61 Å². The van der Waals surface area contributed by atoms with Crippen molar-refractivity contribution in [3.63, 3.8) is 0 Å². The maximum Gasteiger partial charge on any atom is 0.258 e. The van der Waals surface area contributed by atoms with Crippen molar-refractivity contribution in [3.8, 4) is 5.75 Å². The van der Waals surface area contributed by atoms with E-state index >= 15 is 0 Å². The number of hydrogen-bond donors (Lipinski definition) is 3. The summed E-state index contributed by atoms with van der Waals surface area (Å²) >= 11 is 5.63. The number of nitrogens with one attached hydrogen (secondary N) is 3. The van der Waals surface area contributed by atoms with Gasteiger partial charge in [0.05, 0.1) is 10.4 Å². The van der Waals surface area contributed by atoms with E-state index in [4.69, 9.17) is 21.1 Å². The maximum absolute atomic E-state index is 13.4. The fraction of sp³-hybridized carbons (Fsp3) is 0.619. The van der Waals surface area contributed by atoms with Crippen molar-refractivity contribution >= 4 is 23.4 Å². The minimum atomic E-state index is -0.594. The van der Waals surface area contributed by atoms with Crippen LogP contribution in [0.3, 0.4) is 0 Å². The van der Waals surface area contributed by atoms with Gasteiger partial charge < -0.3 is 20.1 Å². The van der Waals surface area contributed by atoms with Crippen LogP contribution in [0.25, 0.3) is 0 Å². The molecule has 1 heterocycles. The number of ether oxygens (including phenoxy) is 2. The van der Waals surface area contributed by atoms with Gasteiger partial charge in [0.2, 0.25) is 5.91 Å². The zero-order chi connectivity index (χ0) is 21.4. The van der Waals surface area contributed by atoms with Crippen LogP contribution in [0, 0.1) is 11.2 Å². The molecule has 0 aromatic heterocycles. The summed E-state index contributed by atoms with van der Waals surface area (Å²) in [5.41, 5.74) is -0.671. The average Bonchev–Trinajstić information content (AvgIpc) is 2.68. The topological polar surface area (TPSA) is 88.7 Å². The molecule has 5 rings (SSSR count). The van der Waals surface area contributed by atoms with E-state index in [1.165, 1.54) is 12.1 Å². The summed E-state index contributed by atoms with van der Waals surface area (Å²) < 4.78 is 24.1. The Labute approximate surface area is 180 Å². The summed E-state index contributed by atoms with van der Waals surface area (Å²) in [5.74, 6) is -0.570. The van der Waals surface area contributed by atoms with E-state index in [1.54, 1.807) is 7.11 Å². The van der Waals surface area contributed by atoms with Crippen molar-refractivity contribution in [1.29, 1.82) is 0 Å². The highest BCUT2D eigenvalue weighted by Gasteiger charge is 2.72. The molecule has 2 amide bonds. The van der Waals surface area contributed by atoms with E-state index in [2.05, 4.69) is 16.0 Å². The van der Waals surface area contributed by atoms with Crippen LogP contribution in [0.5, 0.6) is 5.75 Å². The second-order valence-corrected chi connectivity index (χ2v) is 9.14. The number of amides is 2. The van der Waals surface area contributed by atoms with Gasteiger partial charge in [-0.25, -0.2) is 4.39 Å². The predicted octanol–water partition coefficient (Wildman–Crippen LogP) is 2.13. The van der Waals surface area contributed by atoms with Gasteiger partial charge in [-0.2, -0.15) is 0 Å². The molecule has 0 spiro atoms. The molecule has 1 aromatic rings. The predicted molar refractivity (Wildman–Crippen MR) is 109 cm³/mol. The lowest BCUT2D eigenvalue weighted by molar-refractivity contribution is -0.184. The number of benzene rings is 1. The third-order valence-electron chi connectivity index (χ3n) is 6.41. The first-order chi connectivity index (χ1) is 14.3. The van der Waals surface area contributed by atoms with E-state index in [0.29, 0.717) is 25.8 Å². The average molecular weight is 440 g/mol. The van der Waals surface area contributed by atoms with E-state index in [-0.39, 0.29) is 52.4 Å². The minimum Gasteiger partial charge on any atom is -0.484 e. The van der Waals surface area contributed by atoms with Crippen LogP contribution in [0.1, 0.15) is 38.5 Å². The molecular formula is C21H27ClFN3O4. The second-order valence-electron chi connectivity index (χ2n) is 8.73. The van der Waals surface area contributed by atoms with E-state index in [9.17, 15) is 14.0 Å². The molecule has 1 aliphatic heterocycles. The zero-order valence-electron chi connectivity index (χ0n) is 16.9. The third-order valence-corrected chi connectivity index (χ3v) is 6.72. The Morgan fingerprint density at radius 3 is 2.77 bits per heavy atom. The first-order valence-corrected chi connectivity index (χ1v) is 10.7. The molecule has 4 fully saturated rings. The highest BCUT2D eigenvalue weighted by Crippen LogP contribution is 2.67. The quantitative estimate of drug-likeness (QED) is 0.577. The van der Waals surface area contributed by atoms with Gasteiger partial charge in [-0.05, 0) is 50.7 Å². The number of hydrogen-bond acceptors (Lipinski definition) is 5. The molecule has 2 unspecified atom stereocenters. The molecule has 2 bridgehead atoms. The molecule has 1 aromatic carbocycles. The van der Waals surface area contributed by atoms with E-state index in [1.807, 2.05) is 0 Å². The largest absolute Gasteiger partial charge is 0.484 e. The second kappa shape index (κ2) is 8.32. The van der Waals surface area contributed by atoms with Crippen molar-refractivity contribution < 1.29 is 23.5 Å². The van der Waals surface area contributed by atoms with Gasteiger partial charge in [0.25, 0.3) is 5.91 Å². The van der Waals surface area contributed by atoms with Gasteiger partial charge >= 0.3 is 0 Å². The smallest absolute Gasteiger partial charge is 0.258 e. The summed E-state index contributed by atoms with van der Waals surface area (Å²) in [5, 5.41) is 9.41. The maximum atomic E-state index is 13.4. The molecule has 1 saturated heterocycles. The Bertz CT molecular complexity index is 817. The molecule has 2 atom stereocenters. The highest BCUT2D eigenvalue weighted by molar-refractivity contribution is 6.30. The molecular weight excluding hydrogens is 413 g/mol. The van der Waals surface area contributed by atoms with Crippen molar-refractivity contribution in [2.24, 2.45) is 5.41 Å². The van der Waals surface area contributed by atoms with Gasteiger partial charge in [-0.15, -0.1) is 0 Å². The Kier molecular flexibility index (Phi) is 5.92. The molecule has 0 radical (unpaired) electrons. The summed E-state index contributed by atoms with van der Waals surface area (Å²) in [6.07, 6.45) is 5.08.